The second-order valence-corrected chi connectivity index (χ2v) is 3.67. The summed E-state index contributed by atoms with van der Waals surface area (Å²) in [7, 11) is 1.85. The van der Waals surface area contributed by atoms with Crippen molar-refractivity contribution >= 4 is 11.6 Å². The van der Waals surface area contributed by atoms with Crippen LogP contribution in [0.3, 0.4) is 0 Å². The van der Waals surface area contributed by atoms with E-state index >= 15 is 0 Å². The summed E-state index contributed by atoms with van der Waals surface area (Å²) in [4.78, 5) is 0. The third kappa shape index (κ3) is 2.10. The lowest BCUT2D eigenvalue weighted by Crippen LogP contribution is -2.15. The molecule has 2 rings (SSSR count). The van der Waals surface area contributed by atoms with E-state index in [1.165, 1.54) is 0 Å². The molecule has 2 aromatic rings. The van der Waals surface area contributed by atoms with Crippen molar-refractivity contribution in [2.45, 2.75) is 19.4 Å². The van der Waals surface area contributed by atoms with Crippen LogP contribution >= 0.6 is 11.6 Å². The molecule has 0 fully saturated rings. The zero-order chi connectivity index (χ0) is 11.5. The summed E-state index contributed by atoms with van der Waals surface area (Å²) in [6, 6.07) is 3.39. The van der Waals surface area contributed by atoms with Crippen LogP contribution in [-0.4, -0.2) is 17.2 Å². The third-order valence-electron chi connectivity index (χ3n) is 2.28. The highest BCUT2D eigenvalue weighted by molar-refractivity contribution is 6.28. The Morgan fingerprint density at radius 3 is 2.75 bits per heavy atom. The van der Waals surface area contributed by atoms with Crippen molar-refractivity contribution < 1.29 is 8.83 Å². The van der Waals surface area contributed by atoms with Gasteiger partial charge in [-0.2, -0.15) is 0 Å². The molecule has 0 radical (unpaired) electrons. The first kappa shape index (κ1) is 11.2. The van der Waals surface area contributed by atoms with Crippen molar-refractivity contribution in [1.82, 2.24) is 15.5 Å². The van der Waals surface area contributed by atoms with Crippen LogP contribution in [0.4, 0.5) is 0 Å². The fourth-order valence-electron chi connectivity index (χ4n) is 1.41. The van der Waals surface area contributed by atoms with Crippen LogP contribution in [0.1, 0.15) is 25.3 Å². The molecule has 1 atom stereocenters. The first-order valence-electron chi connectivity index (χ1n) is 5.01. The highest BCUT2D eigenvalue weighted by Gasteiger charge is 2.17. The number of hydrogen-bond donors (Lipinski definition) is 1. The van der Waals surface area contributed by atoms with Crippen LogP contribution in [0, 0.1) is 0 Å². The van der Waals surface area contributed by atoms with Gasteiger partial charge in [-0.25, -0.2) is 0 Å². The van der Waals surface area contributed by atoms with Gasteiger partial charge in [0.2, 0.25) is 5.89 Å². The highest BCUT2D eigenvalue weighted by Crippen LogP contribution is 2.25. The predicted molar refractivity (Wildman–Crippen MR) is 59.1 cm³/mol. The molecule has 1 unspecified atom stereocenters. The summed E-state index contributed by atoms with van der Waals surface area (Å²) in [5.41, 5.74) is 0. The molecule has 2 heterocycles. The number of nitrogens with one attached hydrogen (secondary N) is 1. The number of halogens is 1. The lowest BCUT2D eigenvalue weighted by molar-refractivity contribution is 0.408. The minimum absolute atomic E-state index is 0.0617. The lowest BCUT2D eigenvalue weighted by Gasteiger charge is -2.06. The topological polar surface area (TPSA) is 64.1 Å². The number of hydrogen-bond acceptors (Lipinski definition) is 5. The van der Waals surface area contributed by atoms with Gasteiger partial charge >= 0.3 is 0 Å². The number of furan rings is 1. The Kier molecular flexibility index (Phi) is 3.26. The Morgan fingerprint density at radius 1 is 1.38 bits per heavy atom. The van der Waals surface area contributed by atoms with E-state index in [1.807, 2.05) is 14.0 Å². The lowest BCUT2D eigenvalue weighted by atomic mass is 10.2. The van der Waals surface area contributed by atoms with Crippen molar-refractivity contribution in [3.8, 4) is 11.7 Å². The van der Waals surface area contributed by atoms with Crippen LogP contribution in [-0.2, 0) is 0 Å². The number of rotatable bonds is 4. The average Bonchev–Trinajstić information content (AvgIpc) is 2.89. The van der Waals surface area contributed by atoms with Crippen molar-refractivity contribution in [2.75, 3.05) is 7.05 Å². The summed E-state index contributed by atoms with van der Waals surface area (Å²) in [5, 5.41) is 11.3. The molecular weight excluding hydrogens is 230 g/mol. The van der Waals surface area contributed by atoms with Gasteiger partial charge in [0.15, 0.2) is 11.0 Å². The third-order valence-corrected chi connectivity index (χ3v) is 2.48. The molecule has 5 nitrogen and oxygen atoms in total. The van der Waals surface area contributed by atoms with Crippen LogP contribution in [0.5, 0.6) is 0 Å². The van der Waals surface area contributed by atoms with Gasteiger partial charge in [0.05, 0.1) is 6.04 Å². The molecule has 1 N–H and O–H groups in total. The molecule has 0 aliphatic carbocycles. The quantitative estimate of drug-likeness (QED) is 0.892. The zero-order valence-electron chi connectivity index (χ0n) is 9.03. The molecule has 0 spiro atoms. The molecule has 0 bridgehead atoms. The normalized spacial score (nSPS) is 12.9. The Balaban J connectivity index is 2.25. The maximum Gasteiger partial charge on any atom is 0.283 e. The van der Waals surface area contributed by atoms with E-state index in [0.717, 1.165) is 6.42 Å². The molecule has 6 heteroatoms. The Labute approximate surface area is 97.8 Å². The van der Waals surface area contributed by atoms with Gasteiger partial charge in [0, 0.05) is 0 Å². The van der Waals surface area contributed by atoms with Crippen LogP contribution in [0.2, 0.25) is 5.22 Å². The Morgan fingerprint density at radius 2 is 2.19 bits per heavy atom. The van der Waals surface area contributed by atoms with E-state index in [1.54, 1.807) is 12.1 Å². The highest BCUT2D eigenvalue weighted by atomic mass is 35.5. The van der Waals surface area contributed by atoms with Crippen molar-refractivity contribution in [3.05, 3.63) is 23.2 Å². The van der Waals surface area contributed by atoms with E-state index in [4.69, 9.17) is 20.4 Å². The monoisotopic (exact) mass is 241 g/mol. The minimum Gasteiger partial charge on any atom is -0.440 e. The minimum atomic E-state index is 0.0617. The number of nitrogens with zero attached hydrogens (tertiary/aromatic N) is 2. The SMILES string of the molecule is CCC(NC)c1nnc(-c2ccc(Cl)o2)o1. The van der Waals surface area contributed by atoms with E-state index in [9.17, 15) is 0 Å². The molecule has 0 aliphatic rings. The standard InChI is InChI=1S/C10H12ClN3O2/c1-3-6(12-2)9-13-14-10(16-9)7-4-5-8(11)15-7/h4-6,12H,3H2,1-2H3. The van der Waals surface area contributed by atoms with Crippen LogP contribution < -0.4 is 5.32 Å². The molecule has 0 aromatic carbocycles. The summed E-state index contributed by atoms with van der Waals surface area (Å²) in [6.07, 6.45) is 0.872. The van der Waals surface area contributed by atoms with E-state index in [-0.39, 0.29) is 6.04 Å². The first-order valence-corrected chi connectivity index (χ1v) is 5.38. The van der Waals surface area contributed by atoms with E-state index in [2.05, 4.69) is 15.5 Å². The predicted octanol–water partition coefficient (Wildman–Crippen LogP) is 2.65. The summed E-state index contributed by atoms with van der Waals surface area (Å²) in [5.74, 6) is 1.37. The van der Waals surface area contributed by atoms with Crippen molar-refractivity contribution in [1.29, 1.82) is 0 Å². The zero-order valence-corrected chi connectivity index (χ0v) is 9.78. The van der Waals surface area contributed by atoms with Gasteiger partial charge in [-0.3, -0.25) is 0 Å². The molecule has 16 heavy (non-hydrogen) atoms. The summed E-state index contributed by atoms with van der Waals surface area (Å²) >= 11 is 5.67. The summed E-state index contributed by atoms with van der Waals surface area (Å²) < 4.78 is 10.7. The second kappa shape index (κ2) is 4.67. The average molecular weight is 242 g/mol. The molecule has 2 aromatic heterocycles. The first-order chi connectivity index (χ1) is 7.74. The van der Waals surface area contributed by atoms with Gasteiger partial charge < -0.3 is 14.2 Å². The fraction of sp³-hybridized carbons (Fsp3) is 0.400. The molecule has 0 saturated heterocycles. The Bertz CT molecular complexity index is 462. The molecule has 0 aliphatic heterocycles. The van der Waals surface area contributed by atoms with Gasteiger partial charge in [-0.15, -0.1) is 10.2 Å². The molecule has 0 saturated carbocycles. The fourth-order valence-corrected chi connectivity index (χ4v) is 1.55. The van der Waals surface area contributed by atoms with Gasteiger partial charge in [-0.05, 0) is 37.2 Å². The maximum absolute atomic E-state index is 5.67. The number of aromatic nitrogens is 2. The summed E-state index contributed by atoms with van der Waals surface area (Å²) in [6.45, 7) is 2.04. The second-order valence-electron chi connectivity index (χ2n) is 3.30. The molecule has 86 valence electrons. The van der Waals surface area contributed by atoms with Crippen LogP contribution in [0.15, 0.2) is 21.0 Å². The van der Waals surface area contributed by atoms with Crippen molar-refractivity contribution in [2.24, 2.45) is 0 Å². The van der Waals surface area contributed by atoms with Gasteiger partial charge in [0.25, 0.3) is 5.89 Å². The Hall–Kier alpha value is -1.33. The smallest absolute Gasteiger partial charge is 0.283 e. The van der Waals surface area contributed by atoms with Crippen LogP contribution in [0.25, 0.3) is 11.7 Å². The largest absolute Gasteiger partial charge is 0.440 e. The molecule has 0 amide bonds. The molecular formula is C10H12ClN3O2. The van der Waals surface area contributed by atoms with Gasteiger partial charge in [0.1, 0.15) is 0 Å². The van der Waals surface area contributed by atoms with Gasteiger partial charge in [-0.1, -0.05) is 6.92 Å². The van der Waals surface area contributed by atoms with E-state index in [0.29, 0.717) is 22.8 Å². The van der Waals surface area contributed by atoms with E-state index < -0.39 is 0 Å². The van der Waals surface area contributed by atoms with Crippen molar-refractivity contribution in [3.63, 3.8) is 0 Å². The maximum atomic E-state index is 5.67.